The fourth-order valence-electron chi connectivity index (χ4n) is 2.54. The molecule has 1 heterocycles. The molecule has 0 saturated carbocycles. The molecule has 0 bridgehead atoms. The van der Waals surface area contributed by atoms with Crippen LogP contribution in [0.3, 0.4) is 0 Å². The topological polar surface area (TPSA) is 105 Å². The van der Waals surface area contributed by atoms with Gasteiger partial charge in [-0.25, -0.2) is 17.2 Å². The molecule has 9 heteroatoms. The second-order valence-electron chi connectivity index (χ2n) is 5.09. The summed E-state index contributed by atoms with van der Waals surface area (Å²) in [5.74, 6) is 0. The Labute approximate surface area is 151 Å². The summed E-state index contributed by atoms with van der Waals surface area (Å²) < 4.78 is 27.5. The predicted molar refractivity (Wildman–Crippen MR) is 95.7 cm³/mol. The highest BCUT2D eigenvalue weighted by Crippen LogP contribution is 2.31. The Bertz CT molecular complexity index is 1100. The first-order valence-electron chi connectivity index (χ1n) is 6.95. The van der Waals surface area contributed by atoms with Crippen molar-refractivity contribution in [3.05, 3.63) is 58.7 Å². The molecule has 3 rings (SSSR count). The first-order chi connectivity index (χ1) is 11.8. The Morgan fingerprint density at radius 2 is 1.92 bits per heavy atom. The van der Waals surface area contributed by atoms with Crippen LogP contribution in [-0.4, -0.2) is 29.9 Å². The molecule has 2 N–H and O–H groups in total. The summed E-state index contributed by atoms with van der Waals surface area (Å²) in [6.45, 7) is 0. The van der Waals surface area contributed by atoms with Gasteiger partial charge in [0.2, 0.25) is 0 Å². The van der Waals surface area contributed by atoms with Gasteiger partial charge >= 0.3 is 6.09 Å². The lowest BCUT2D eigenvalue weighted by atomic mass is 10.1. The highest BCUT2D eigenvalue weighted by molar-refractivity contribution is 9.10. The zero-order valence-corrected chi connectivity index (χ0v) is 14.9. The molecule has 1 aromatic heterocycles. The molecule has 0 aliphatic carbocycles. The van der Waals surface area contributed by atoms with Crippen molar-refractivity contribution in [3.8, 4) is 0 Å². The Hall–Kier alpha value is -2.65. The molecule has 0 fully saturated rings. The van der Waals surface area contributed by atoms with E-state index in [1.807, 2.05) is 0 Å². The number of rotatable bonds is 4. The standard InChI is InChI=1S/C16H11BrN2O5S/c17-11-3-1-4-12(7-11)25(23,24)19-8-10(9-20)15-13(18-16(21)22)5-2-6-14(15)19/h1-9,18H,(H,21,22). The monoisotopic (exact) mass is 422 g/mol. The van der Waals surface area contributed by atoms with Crippen molar-refractivity contribution in [3.63, 3.8) is 0 Å². The van der Waals surface area contributed by atoms with Gasteiger partial charge in [-0.05, 0) is 30.3 Å². The summed E-state index contributed by atoms with van der Waals surface area (Å²) >= 11 is 3.23. The van der Waals surface area contributed by atoms with E-state index in [9.17, 15) is 18.0 Å². The number of carbonyl (C=O) groups is 2. The largest absolute Gasteiger partial charge is 0.465 e. The average Bonchev–Trinajstić information content (AvgIpc) is 2.95. The van der Waals surface area contributed by atoms with E-state index in [0.29, 0.717) is 10.8 Å². The molecule has 0 saturated heterocycles. The number of carbonyl (C=O) groups excluding carboxylic acids is 1. The molecule has 0 aliphatic rings. The Kier molecular flexibility index (Phi) is 4.36. The number of aromatic nitrogens is 1. The Morgan fingerprint density at radius 1 is 1.20 bits per heavy atom. The van der Waals surface area contributed by atoms with Crippen LogP contribution in [-0.2, 0) is 10.0 Å². The normalized spacial score (nSPS) is 11.4. The smallest absolute Gasteiger partial charge is 0.409 e. The zero-order chi connectivity index (χ0) is 18.2. The third kappa shape index (κ3) is 3.03. The van der Waals surface area contributed by atoms with Crippen molar-refractivity contribution in [1.82, 2.24) is 3.97 Å². The Morgan fingerprint density at radius 3 is 2.56 bits per heavy atom. The number of anilines is 1. The number of hydrogen-bond donors (Lipinski definition) is 2. The number of aldehydes is 1. The highest BCUT2D eigenvalue weighted by Gasteiger charge is 2.23. The molecule has 128 valence electrons. The van der Waals surface area contributed by atoms with Crippen LogP contribution in [0.15, 0.2) is 58.0 Å². The van der Waals surface area contributed by atoms with Gasteiger partial charge in [-0.3, -0.25) is 10.1 Å². The molecule has 0 unspecified atom stereocenters. The van der Waals surface area contributed by atoms with Crippen LogP contribution in [0.5, 0.6) is 0 Å². The van der Waals surface area contributed by atoms with E-state index in [0.717, 1.165) is 3.97 Å². The first-order valence-corrected chi connectivity index (χ1v) is 9.18. The molecular formula is C16H11BrN2O5S. The van der Waals surface area contributed by atoms with Gasteiger partial charge in [0, 0.05) is 21.6 Å². The van der Waals surface area contributed by atoms with Gasteiger partial charge in [0.05, 0.1) is 16.1 Å². The number of nitrogens with zero attached hydrogens (tertiary/aromatic N) is 1. The van der Waals surface area contributed by atoms with Gasteiger partial charge in [-0.1, -0.05) is 28.1 Å². The second-order valence-corrected chi connectivity index (χ2v) is 7.82. The molecule has 2 aromatic carbocycles. The summed E-state index contributed by atoms with van der Waals surface area (Å²) in [6.07, 6.45) is 0.357. The van der Waals surface area contributed by atoms with Crippen LogP contribution in [0.2, 0.25) is 0 Å². The van der Waals surface area contributed by atoms with Crippen LogP contribution in [0.1, 0.15) is 10.4 Å². The highest BCUT2D eigenvalue weighted by atomic mass is 79.9. The predicted octanol–water partition coefficient (Wildman–Crippen LogP) is 3.54. The van der Waals surface area contributed by atoms with Crippen LogP contribution < -0.4 is 5.32 Å². The minimum atomic E-state index is -3.97. The van der Waals surface area contributed by atoms with Crippen molar-refractivity contribution >= 4 is 54.9 Å². The minimum absolute atomic E-state index is 0.0350. The van der Waals surface area contributed by atoms with Crippen LogP contribution in [0, 0.1) is 0 Å². The maximum absolute atomic E-state index is 13.0. The third-order valence-electron chi connectivity index (χ3n) is 3.55. The van der Waals surface area contributed by atoms with E-state index < -0.39 is 16.1 Å². The number of fused-ring (bicyclic) bond motifs is 1. The summed E-state index contributed by atoms with van der Waals surface area (Å²) in [5.41, 5.74) is 0.404. The van der Waals surface area contributed by atoms with Gasteiger partial charge < -0.3 is 5.11 Å². The summed E-state index contributed by atoms with van der Waals surface area (Å²) in [5, 5.41) is 11.3. The number of halogens is 1. The molecule has 0 atom stereocenters. The molecule has 0 aliphatic heterocycles. The third-order valence-corrected chi connectivity index (χ3v) is 5.71. The van der Waals surface area contributed by atoms with Crippen LogP contribution in [0.25, 0.3) is 10.9 Å². The van der Waals surface area contributed by atoms with Gasteiger partial charge in [0.25, 0.3) is 10.0 Å². The lowest BCUT2D eigenvalue weighted by Crippen LogP contribution is -2.12. The molecule has 0 spiro atoms. The molecule has 0 radical (unpaired) electrons. The number of nitrogens with one attached hydrogen (secondary N) is 1. The average molecular weight is 423 g/mol. The molecule has 1 amide bonds. The Balaban J connectivity index is 2.31. The van der Waals surface area contributed by atoms with Crippen molar-refractivity contribution in [2.24, 2.45) is 0 Å². The van der Waals surface area contributed by atoms with Gasteiger partial charge in [0.1, 0.15) is 0 Å². The molecule has 25 heavy (non-hydrogen) atoms. The second kappa shape index (κ2) is 6.34. The van der Waals surface area contributed by atoms with E-state index in [2.05, 4.69) is 21.2 Å². The van der Waals surface area contributed by atoms with E-state index >= 15 is 0 Å². The molecule has 3 aromatic rings. The maximum atomic E-state index is 13.0. The quantitative estimate of drug-likeness (QED) is 0.625. The lowest BCUT2D eigenvalue weighted by Gasteiger charge is -2.09. The minimum Gasteiger partial charge on any atom is -0.465 e. The van der Waals surface area contributed by atoms with Crippen LogP contribution in [0.4, 0.5) is 10.5 Å². The van der Waals surface area contributed by atoms with Crippen molar-refractivity contribution in [1.29, 1.82) is 0 Å². The van der Waals surface area contributed by atoms with Crippen LogP contribution >= 0.6 is 15.9 Å². The SMILES string of the molecule is O=Cc1cn(S(=O)(=O)c2cccc(Br)c2)c2cccc(NC(=O)O)c12. The van der Waals surface area contributed by atoms with Crippen molar-refractivity contribution in [2.75, 3.05) is 5.32 Å². The number of hydrogen-bond acceptors (Lipinski definition) is 4. The number of benzene rings is 2. The first kappa shape index (κ1) is 17.2. The van der Waals surface area contributed by atoms with Gasteiger partial charge in [-0.2, -0.15) is 0 Å². The summed E-state index contributed by atoms with van der Waals surface area (Å²) in [4.78, 5) is 22.4. The number of amides is 1. The van der Waals surface area contributed by atoms with Gasteiger partial charge in [0.15, 0.2) is 6.29 Å². The summed E-state index contributed by atoms with van der Waals surface area (Å²) in [7, 11) is -3.97. The number of carboxylic acid groups (broad SMARTS) is 1. The fourth-order valence-corrected chi connectivity index (χ4v) is 4.50. The van der Waals surface area contributed by atoms with Gasteiger partial charge in [-0.15, -0.1) is 0 Å². The van der Waals surface area contributed by atoms with E-state index in [-0.39, 0.29) is 27.0 Å². The van der Waals surface area contributed by atoms with Crippen molar-refractivity contribution in [2.45, 2.75) is 4.90 Å². The van der Waals surface area contributed by atoms with E-state index in [1.54, 1.807) is 12.1 Å². The molecule has 7 nitrogen and oxygen atoms in total. The fraction of sp³-hybridized carbons (Fsp3) is 0. The van der Waals surface area contributed by atoms with E-state index in [1.165, 1.54) is 36.5 Å². The zero-order valence-electron chi connectivity index (χ0n) is 12.5. The van der Waals surface area contributed by atoms with E-state index in [4.69, 9.17) is 5.11 Å². The van der Waals surface area contributed by atoms with Crippen molar-refractivity contribution < 1.29 is 23.1 Å². The maximum Gasteiger partial charge on any atom is 0.409 e. The molecular weight excluding hydrogens is 412 g/mol. The summed E-state index contributed by atoms with van der Waals surface area (Å²) in [6, 6.07) is 10.6. The lowest BCUT2D eigenvalue weighted by molar-refractivity contribution is 0.112.